The van der Waals surface area contributed by atoms with E-state index in [1.807, 2.05) is 0 Å². The molecule has 1 N–H and O–H groups in total. The lowest BCUT2D eigenvalue weighted by molar-refractivity contribution is -0.548. The van der Waals surface area contributed by atoms with Gasteiger partial charge in [0.2, 0.25) is 0 Å². The summed E-state index contributed by atoms with van der Waals surface area (Å²) >= 11 is 7.20. The van der Waals surface area contributed by atoms with E-state index in [0.717, 1.165) is 4.74 Å². The molecule has 0 aliphatic rings. The van der Waals surface area contributed by atoms with E-state index in [2.05, 4.69) is 23.2 Å². The lowest BCUT2D eigenvalue weighted by atomic mass is 10.2. The number of carbonyl (C=O) groups is 1. The average Bonchev–Trinajstić information content (AvgIpc) is 2.68. The fourth-order valence-corrected chi connectivity index (χ4v) is 1.80. The SMILES string of the molecule is O=C(O)C(F)(F)OC(F)(F)C(F)(F)C(F)(F)OC(F)(F)C(F)(F)C(F)(F)OC(F)(Cl)C(F)(F)OC(F)(F)C(F)(Cl)C(F)(F)F. The molecule has 264 valence electrons. The van der Waals surface area contributed by atoms with Gasteiger partial charge in [-0.05, 0) is 11.6 Å². The van der Waals surface area contributed by atoms with Crippen molar-refractivity contribution < 1.29 is 130 Å². The Morgan fingerprint density at radius 3 is 1.00 bits per heavy atom. The topological polar surface area (TPSA) is 74.2 Å². The Morgan fingerprint density at radius 2 is 0.705 bits per heavy atom. The van der Waals surface area contributed by atoms with Gasteiger partial charge < -0.3 is 5.11 Å². The van der Waals surface area contributed by atoms with E-state index >= 15 is 0 Å². The average molecular weight is 761 g/mol. The number of carboxylic acids is 1. The van der Waals surface area contributed by atoms with Gasteiger partial charge >= 0.3 is 77.2 Å². The zero-order valence-electron chi connectivity index (χ0n) is 18.4. The van der Waals surface area contributed by atoms with Gasteiger partial charge in [0.25, 0.3) is 0 Å². The summed E-state index contributed by atoms with van der Waals surface area (Å²) in [5.41, 5.74) is 0. The predicted octanol–water partition coefficient (Wildman–Crippen LogP) is 7.89. The minimum atomic E-state index is -8.49. The predicted molar refractivity (Wildman–Crippen MR) is 81.9 cm³/mol. The molecule has 0 heterocycles. The Morgan fingerprint density at radius 1 is 0.432 bits per heavy atom. The van der Waals surface area contributed by atoms with E-state index in [1.54, 1.807) is 0 Å². The highest BCUT2D eigenvalue weighted by atomic mass is 35.5. The molecule has 0 aliphatic heterocycles. The minimum absolute atomic E-state index is 1.09. The molecule has 0 spiro atoms. The molecular formula is C13HCl2F23O6. The monoisotopic (exact) mass is 760 g/mol. The number of hydrogen-bond acceptors (Lipinski definition) is 5. The van der Waals surface area contributed by atoms with Gasteiger partial charge in [-0.2, -0.15) is 96.6 Å². The molecule has 0 saturated heterocycles. The van der Waals surface area contributed by atoms with Crippen LogP contribution in [-0.4, -0.2) is 82.3 Å². The molecule has 0 aliphatic carbocycles. The molecule has 0 aromatic heterocycles. The van der Waals surface area contributed by atoms with E-state index in [-0.39, 0.29) is 0 Å². The largest absolute Gasteiger partial charge is 0.475 e. The third kappa shape index (κ3) is 7.46. The first-order chi connectivity index (χ1) is 18.5. The summed E-state index contributed by atoms with van der Waals surface area (Å²) in [6.07, 6.45) is -61.5. The maximum atomic E-state index is 13.7. The maximum absolute atomic E-state index is 13.7. The third-order valence-electron chi connectivity index (χ3n) is 3.80. The van der Waals surface area contributed by atoms with Crippen LogP contribution in [0.5, 0.6) is 0 Å². The van der Waals surface area contributed by atoms with Crippen LogP contribution in [-0.2, 0) is 23.7 Å². The minimum Gasteiger partial charge on any atom is -0.475 e. The molecule has 2 atom stereocenters. The molecule has 0 aromatic carbocycles. The van der Waals surface area contributed by atoms with Crippen molar-refractivity contribution in [1.29, 1.82) is 0 Å². The van der Waals surface area contributed by atoms with Crippen molar-refractivity contribution in [2.45, 2.75) is 71.2 Å². The third-order valence-corrected chi connectivity index (χ3v) is 4.53. The van der Waals surface area contributed by atoms with Gasteiger partial charge in [0.15, 0.2) is 0 Å². The summed E-state index contributed by atoms with van der Waals surface area (Å²) in [5.74, 6) is -20.7. The molecule has 0 fully saturated rings. The Balaban J connectivity index is 6.47. The normalized spacial score (nSPS) is 18.6. The first-order valence-electron chi connectivity index (χ1n) is 8.79. The zero-order chi connectivity index (χ0) is 36.4. The van der Waals surface area contributed by atoms with Crippen molar-refractivity contribution in [3.05, 3.63) is 0 Å². The Kier molecular flexibility index (Phi) is 10.8. The van der Waals surface area contributed by atoms with Gasteiger partial charge in [-0.1, -0.05) is 11.6 Å². The Labute approximate surface area is 231 Å². The lowest BCUT2D eigenvalue weighted by Gasteiger charge is -2.39. The van der Waals surface area contributed by atoms with Crippen LogP contribution >= 0.6 is 23.2 Å². The molecule has 0 radical (unpaired) electrons. The fraction of sp³-hybridized carbons (Fsp3) is 0.923. The number of aliphatic carboxylic acids is 1. The second kappa shape index (κ2) is 11.2. The summed E-state index contributed by atoms with van der Waals surface area (Å²) in [4.78, 5) is 9.89. The van der Waals surface area contributed by atoms with Gasteiger partial charge in [-0.25, -0.2) is 23.4 Å². The van der Waals surface area contributed by atoms with E-state index in [1.165, 1.54) is 14.2 Å². The molecule has 31 heteroatoms. The molecule has 44 heavy (non-hydrogen) atoms. The molecule has 6 nitrogen and oxygen atoms in total. The lowest BCUT2D eigenvalue weighted by Crippen LogP contribution is -2.66. The highest BCUT2D eigenvalue weighted by Crippen LogP contribution is 2.58. The van der Waals surface area contributed by atoms with Crippen LogP contribution in [0, 0.1) is 0 Å². The van der Waals surface area contributed by atoms with Gasteiger partial charge in [-0.15, -0.1) is 0 Å². The first-order valence-corrected chi connectivity index (χ1v) is 9.54. The van der Waals surface area contributed by atoms with Crippen molar-refractivity contribution >= 4 is 29.2 Å². The van der Waals surface area contributed by atoms with E-state index in [4.69, 9.17) is 5.11 Å². The van der Waals surface area contributed by atoms with Gasteiger partial charge in [0, 0.05) is 0 Å². The summed E-state index contributed by atoms with van der Waals surface area (Å²) in [7, 11) is 0. The van der Waals surface area contributed by atoms with E-state index in [0.29, 0.717) is 0 Å². The molecule has 0 rings (SSSR count). The van der Waals surface area contributed by atoms with Crippen LogP contribution in [0.4, 0.5) is 101 Å². The second-order valence-corrected chi connectivity index (χ2v) is 8.08. The summed E-state index contributed by atoms with van der Waals surface area (Å²) in [6, 6.07) is 0. The van der Waals surface area contributed by atoms with Gasteiger partial charge in [-0.3, -0.25) is 4.74 Å². The molecular weight excluding hydrogens is 760 g/mol. The first kappa shape index (κ1) is 42.3. The summed E-state index contributed by atoms with van der Waals surface area (Å²) in [6.45, 7) is 0. The summed E-state index contributed by atoms with van der Waals surface area (Å²) in [5, 5.41) is -6.37. The van der Waals surface area contributed by atoms with Crippen molar-refractivity contribution in [1.82, 2.24) is 0 Å². The molecule has 2 unspecified atom stereocenters. The van der Waals surface area contributed by atoms with Crippen LogP contribution < -0.4 is 0 Å². The number of rotatable bonds is 15. The van der Waals surface area contributed by atoms with Crippen LogP contribution in [0.3, 0.4) is 0 Å². The number of carboxylic acid groups (broad SMARTS) is 1. The number of alkyl halides is 25. The number of halogens is 25. The number of ether oxygens (including phenoxy) is 4. The van der Waals surface area contributed by atoms with Crippen LogP contribution in [0.15, 0.2) is 0 Å². The van der Waals surface area contributed by atoms with Gasteiger partial charge in [0.1, 0.15) is 0 Å². The standard InChI is InChI=1S/C13HCl2F23O6/c14-3(18,7(24,25)26)8(27,28)43-13(37,38)6(15,23)42-10(31,32)5(21,22)12(35,36)44-11(33,34)4(19,20)9(29,30)41-2(16,17)1(39)40/h(H,39,40). The quantitative estimate of drug-likeness (QED) is 0.135. The number of hydrogen-bond donors (Lipinski definition) is 1. The molecule has 0 amide bonds. The molecule has 0 saturated carbocycles. The van der Waals surface area contributed by atoms with Crippen molar-refractivity contribution in [3.8, 4) is 0 Å². The van der Waals surface area contributed by atoms with Gasteiger partial charge in [0.05, 0.1) is 0 Å². The van der Waals surface area contributed by atoms with Crippen LogP contribution in [0.1, 0.15) is 0 Å². The highest BCUT2D eigenvalue weighted by molar-refractivity contribution is 6.24. The van der Waals surface area contributed by atoms with Crippen molar-refractivity contribution in [2.75, 3.05) is 0 Å². The maximum Gasteiger partial charge on any atom is 0.460 e. The van der Waals surface area contributed by atoms with Crippen LogP contribution in [0.2, 0.25) is 0 Å². The van der Waals surface area contributed by atoms with E-state index < -0.39 is 77.2 Å². The Bertz CT molecular complexity index is 1060. The summed E-state index contributed by atoms with van der Waals surface area (Å²) < 4.78 is 307. The molecule has 0 aromatic rings. The fourth-order valence-electron chi connectivity index (χ4n) is 1.63. The molecule has 0 bridgehead atoms. The van der Waals surface area contributed by atoms with Crippen LogP contribution in [0.25, 0.3) is 0 Å². The zero-order valence-corrected chi connectivity index (χ0v) is 19.9. The van der Waals surface area contributed by atoms with Crippen molar-refractivity contribution in [2.24, 2.45) is 0 Å². The van der Waals surface area contributed by atoms with Crippen molar-refractivity contribution in [3.63, 3.8) is 0 Å². The smallest absolute Gasteiger partial charge is 0.460 e. The van der Waals surface area contributed by atoms with E-state index in [9.17, 15) is 106 Å². The highest BCUT2D eigenvalue weighted by Gasteiger charge is 2.85. The Hall–Kier alpha value is -1.72. The second-order valence-electron chi connectivity index (χ2n) is 7.07.